The summed E-state index contributed by atoms with van der Waals surface area (Å²) in [4.78, 5) is 4.92. The summed E-state index contributed by atoms with van der Waals surface area (Å²) in [5.41, 5.74) is 0. The molecule has 0 saturated carbocycles. The van der Waals surface area contributed by atoms with Crippen LogP contribution in [0.5, 0.6) is 0 Å². The average molecular weight is 269 g/mol. The molecule has 0 N–H and O–H groups in total. The number of alkyl halides is 1. The molecule has 1 rings (SSSR count). The molecular formula is C8H18IN2-. The second-order valence-electron chi connectivity index (χ2n) is 3.21. The Hall–Kier alpha value is 0.650. The molecule has 0 aliphatic carbocycles. The fourth-order valence-corrected chi connectivity index (χ4v) is 2.78. The van der Waals surface area contributed by atoms with Crippen LogP contribution in [0.2, 0.25) is 0 Å². The van der Waals surface area contributed by atoms with Gasteiger partial charge in [0.25, 0.3) is 0 Å². The Kier molecular flexibility index (Phi) is 4.09. The van der Waals surface area contributed by atoms with Gasteiger partial charge < -0.3 is 0 Å². The van der Waals surface area contributed by atoms with Gasteiger partial charge in [0, 0.05) is 0 Å². The van der Waals surface area contributed by atoms with E-state index in [1.807, 2.05) is 0 Å². The maximum absolute atomic E-state index is 2.62. The third-order valence-electron chi connectivity index (χ3n) is 2.23. The monoisotopic (exact) mass is 269 g/mol. The molecule has 11 heavy (non-hydrogen) atoms. The minimum atomic E-state index is 0.354. The summed E-state index contributed by atoms with van der Waals surface area (Å²) in [6, 6.07) is 0.743. The van der Waals surface area contributed by atoms with Gasteiger partial charge in [-0.3, -0.25) is 0 Å². The molecule has 0 bridgehead atoms. The molecule has 0 spiro atoms. The summed E-state index contributed by atoms with van der Waals surface area (Å²) < 4.78 is 2.62. The molecule has 68 valence electrons. The Morgan fingerprint density at radius 2 is 1.64 bits per heavy atom. The van der Waals surface area contributed by atoms with Gasteiger partial charge in [-0.05, 0) is 0 Å². The predicted octanol–water partition coefficient (Wildman–Crippen LogP) is -2.35. The van der Waals surface area contributed by atoms with Gasteiger partial charge in [-0.25, -0.2) is 0 Å². The van der Waals surface area contributed by atoms with Crippen LogP contribution in [0.3, 0.4) is 0 Å². The van der Waals surface area contributed by atoms with Crippen LogP contribution in [0.15, 0.2) is 0 Å². The number of hydrogen-bond acceptors (Lipinski definition) is 2. The van der Waals surface area contributed by atoms with Crippen LogP contribution in [-0.4, -0.2) is 45.2 Å². The second-order valence-corrected chi connectivity index (χ2v) is 5.54. The van der Waals surface area contributed by atoms with Gasteiger partial charge >= 0.3 is 80.5 Å². The quantitative estimate of drug-likeness (QED) is 0.314. The Balaban J connectivity index is 2.24. The van der Waals surface area contributed by atoms with E-state index in [4.69, 9.17) is 0 Å². The van der Waals surface area contributed by atoms with Crippen molar-refractivity contribution in [1.29, 1.82) is 0 Å². The van der Waals surface area contributed by atoms with E-state index in [2.05, 4.69) is 26.8 Å². The molecule has 0 aromatic carbocycles. The average Bonchev–Trinajstić information content (AvgIpc) is 2.05. The van der Waals surface area contributed by atoms with Gasteiger partial charge in [-0.2, -0.15) is 0 Å². The Bertz CT molecular complexity index is 109. The second kappa shape index (κ2) is 4.62. The third-order valence-corrected chi connectivity index (χ3v) is 4.56. The molecule has 1 aliphatic heterocycles. The van der Waals surface area contributed by atoms with Crippen LogP contribution in [0.1, 0.15) is 13.8 Å². The first kappa shape index (κ1) is 9.74. The van der Waals surface area contributed by atoms with Gasteiger partial charge in [0.2, 0.25) is 0 Å². The van der Waals surface area contributed by atoms with Crippen molar-refractivity contribution in [2.75, 3.05) is 31.1 Å². The first-order valence-corrected chi connectivity index (χ1v) is 7.35. The Morgan fingerprint density at radius 3 is 2.00 bits per heavy atom. The summed E-state index contributed by atoms with van der Waals surface area (Å²) in [6.07, 6.45) is 0. The van der Waals surface area contributed by atoms with Crippen molar-refractivity contribution in [2.45, 2.75) is 19.9 Å². The molecule has 1 aliphatic rings. The summed E-state index contributed by atoms with van der Waals surface area (Å²) in [7, 11) is 0. The Labute approximate surface area is 80.5 Å². The van der Waals surface area contributed by atoms with E-state index in [0.717, 1.165) is 6.04 Å². The van der Waals surface area contributed by atoms with Gasteiger partial charge in [0.1, 0.15) is 0 Å². The molecule has 0 amide bonds. The standard InChI is InChI=1S/C8H18IN2/c1-8(2)10-4-6-11(9-3)7-5-10/h8H,4-7H2,1-3H3/q-1. The van der Waals surface area contributed by atoms with E-state index < -0.39 is 0 Å². The zero-order chi connectivity index (χ0) is 8.27. The molecule has 0 radical (unpaired) electrons. The molecule has 0 atom stereocenters. The predicted molar refractivity (Wildman–Crippen MR) is 44.2 cm³/mol. The first-order valence-electron chi connectivity index (χ1n) is 4.22. The van der Waals surface area contributed by atoms with Crippen LogP contribution in [0.4, 0.5) is 0 Å². The number of hydrogen-bond donors (Lipinski definition) is 0. The number of halogens is 1. The first-order chi connectivity index (χ1) is 5.24. The number of piperazine rings is 1. The van der Waals surface area contributed by atoms with E-state index in [1.165, 1.54) is 26.2 Å². The molecule has 1 fully saturated rings. The summed E-state index contributed by atoms with van der Waals surface area (Å²) in [6.45, 7) is 9.76. The fourth-order valence-electron chi connectivity index (χ4n) is 1.38. The van der Waals surface area contributed by atoms with Crippen molar-refractivity contribution in [3.63, 3.8) is 0 Å². The number of nitrogens with zero attached hydrogens (tertiary/aromatic N) is 2. The fraction of sp³-hybridized carbons (Fsp3) is 1.00. The van der Waals surface area contributed by atoms with Gasteiger partial charge in [0.15, 0.2) is 0 Å². The van der Waals surface area contributed by atoms with Crippen molar-refractivity contribution >= 4 is 0 Å². The number of rotatable bonds is 2. The maximum atomic E-state index is 2.62. The third kappa shape index (κ3) is 2.87. The topological polar surface area (TPSA) is 6.48 Å². The van der Waals surface area contributed by atoms with Crippen molar-refractivity contribution in [3.8, 4) is 0 Å². The zero-order valence-electron chi connectivity index (χ0n) is 7.68. The van der Waals surface area contributed by atoms with Crippen LogP contribution in [-0.2, 0) is 0 Å². The molecular weight excluding hydrogens is 251 g/mol. The van der Waals surface area contributed by atoms with Crippen molar-refractivity contribution in [1.82, 2.24) is 8.01 Å². The van der Waals surface area contributed by atoms with Crippen LogP contribution in [0, 0.1) is 0 Å². The van der Waals surface area contributed by atoms with Crippen LogP contribution >= 0.6 is 0 Å². The molecule has 0 aromatic heterocycles. The summed E-state index contributed by atoms with van der Waals surface area (Å²) in [5, 5.41) is 0. The van der Waals surface area contributed by atoms with E-state index in [1.54, 1.807) is 0 Å². The normalized spacial score (nSPS) is 23.3. The van der Waals surface area contributed by atoms with Gasteiger partial charge in [-0.1, -0.05) is 0 Å². The molecule has 2 nitrogen and oxygen atoms in total. The van der Waals surface area contributed by atoms with Gasteiger partial charge in [0.05, 0.1) is 0 Å². The summed E-state index contributed by atoms with van der Waals surface area (Å²) >= 11 is 0.354. The van der Waals surface area contributed by atoms with Crippen LogP contribution in [0.25, 0.3) is 0 Å². The summed E-state index contributed by atoms with van der Waals surface area (Å²) in [5.74, 6) is 0. The molecule has 3 heteroatoms. The molecule has 0 unspecified atom stereocenters. The zero-order valence-corrected chi connectivity index (χ0v) is 9.84. The van der Waals surface area contributed by atoms with Crippen molar-refractivity contribution in [2.24, 2.45) is 0 Å². The van der Waals surface area contributed by atoms with Crippen LogP contribution < -0.4 is 21.5 Å². The molecule has 1 saturated heterocycles. The van der Waals surface area contributed by atoms with Crippen molar-refractivity contribution < 1.29 is 21.5 Å². The van der Waals surface area contributed by atoms with Gasteiger partial charge in [-0.15, -0.1) is 0 Å². The van der Waals surface area contributed by atoms with E-state index in [0.29, 0.717) is 21.5 Å². The van der Waals surface area contributed by atoms with E-state index in [9.17, 15) is 0 Å². The van der Waals surface area contributed by atoms with Crippen molar-refractivity contribution in [3.05, 3.63) is 0 Å². The minimum absolute atomic E-state index is 0.354. The Morgan fingerprint density at radius 1 is 1.09 bits per heavy atom. The van der Waals surface area contributed by atoms with E-state index >= 15 is 0 Å². The SMILES string of the molecule is C[I-]N1CCN(C(C)C)CC1. The van der Waals surface area contributed by atoms with E-state index in [-0.39, 0.29) is 0 Å². The molecule has 1 heterocycles. The molecule has 0 aromatic rings.